The van der Waals surface area contributed by atoms with Crippen LogP contribution in [0, 0.1) is 11.3 Å². The van der Waals surface area contributed by atoms with E-state index in [1.54, 1.807) is 41.4 Å². The van der Waals surface area contributed by atoms with Crippen LogP contribution in [-0.2, 0) is 9.59 Å². The zero-order valence-corrected chi connectivity index (χ0v) is 23.2. The zero-order valence-electron chi connectivity index (χ0n) is 23.2. The molecular formula is C30H41N5O3. The fourth-order valence-electron chi connectivity index (χ4n) is 5.40. The largest absolute Gasteiger partial charge is 0.343 e. The molecule has 3 heterocycles. The van der Waals surface area contributed by atoms with Crippen LogP contribution in [0.5, 0.6) is 0 Å². The summed E-state index contributed by atoms with van der Waals surface area (Å²) in [6, 6.07) is 10.7. The molecule has 2 aliphatic heterocycles. The van der Waals surface area contributed by atoms with Crippen LogP contribution in [0.15, 0.2) is 42.6 Å². The van der Waals surface area contributed by atoms with Gasteiger partial charge in [0.1, 0.15) is 0 Å². The second-order valence-corrected chi connectivity index (χ2v) is 11.4. The van der Waals surface area contributed by atoms with Gasteiger partial charge in [-0.2, -0.15) is 0 Å². The number of para-hydroxylation sites is 1. The van der Waals surface area contributed by atoms with E-state index in [1.807, 2.05) is 38.7 Å². The first kappa shape index (κ1) is 27.8. The Labute approximate surface area is 226 Å². The number of carbonyl (C=O) groups excluding carboxylic acids is 3. The molecule has 0 spiro atoms. The number of hydrogen-bond acceptors (Lipinski definition) is 5. The second-order valence-electron chi connectivity index (χ2n) is 11.4. The topological polar surface area (TPSA) is 85.8 Å². The number of amides is 3. The molecule has 1 saturated heterocycles. The van der Waals surface area contributed by atoms with E-state index in [9.17, 15) is 14.4 Å². The van der Waals surface area contributed by atoms with Crippen LogP contribution in [-0.4, -0.2) is 65.2 Å². The first-order valence-electron chi connectivity index (χ1n) is 13.9. The van der Waals surface area contributed by atoms with Gasteiger partial charge in [-0.15, -0.1) is 0 Å². The summed E-state index contributed by atoms with van der Waals surface area (Å²) in [6.07, 6.45) is 7.08. The molecule has 0 atom stereocenters. The van der Waals surface area contributed by atoms with Crippen molar-refractivity contribution >= 4 is 34.9 Å². The maximum Gasteiger partial charge on any atom is 0.257 e. The number of unbranched alkanes of at least 4 members (excludes halogenated alkanes) is 1. The van der Waals surface area contributed by atoms with Crippen molar-refractivity contribution in [3.05, 3.63) is 48.2 Å². The molecule has 1 fully saturated rings. The minimum Gasteiger partial charge on any atom is -0.343 e. The van der Waals surface area contributed by atoms with E-state index in [4.69, 9.17) is 0 Å². The summed E-state index contributed by atoms with van der Waals surface area (Å²) in [5.41, 5.74) is 1.23. The van der Waals surface area contributed by atoms with Crippen LogP contribution in [0.25, 0.3) is 0 Å². The van der Waals surface area contributed by atoms with Crippen molar-refractivity contribution in [2.45, 2.75) is 59.8 Å². The standard InChI is InChI=1S/C30H41N5O3/c1-5-34(29(38)30(2,3)4)18-9-8-11-22-15-19-33(20-16-22)21-26(36)35-25-14-7-6-12-23(25)28(37)32-24-13-10-17-31-27(24)35/h6-7,10,12-14,17,22H,5,8-9,11,15-16,18-21H2,1-4H3,(H,32,37). The molecule has 2 aromatic rings. The van der Waals surface area contributed by atoms with Gasteiger partial charge in [0.2, 0.25) is 11.8 Å². The van der Waals surface area contributed by atoms with Gasteiger partial charge in [-0.1, -0.05) is 45.7 Å². The van der Waals surface area contributed by atoms with Gasteiger partial charge in [0.25, 0.3) is 5.91 Å². The molecule has 0 bridgehead atoms. The van der Waals surface area contributed by atoms with E-state index >= 15 is 0 Å². The number of aromatic nitrogens is 1. The highest BCUT2D eigenvalue weighted by atomic mass is 16.2. The van der Waals surface area contributed by atoms with Crippen molar-refractivity contribution in [3.8, 4) is 0 Å². The van der Waals surface area contributed by atoms with E-state index in [1.165, 1.54) is 0 Å². The third-order valence-corrected chi connectivity index (χ3v) is 7.55. The molecule has 0 unspecified atom stereocenters. The van der Waals surface area contributed by atoms with Crippen molar-refractivity contribution in [3.63, 3.8) is 0 Å². The number of carbonyl (C=O) groups is 3. The summed E-state index contributed by atoms with van der Waals surface area (Å²) in [5.74, 6) is 1.00. The predicted molar refractivity (Wildman–Crippen MR) is 151 cm³/mol. The number of rotatable bonds is 8. The van der Waals surface area contributed by atoms with Gasteiger partial charge in [0, 0.05) is 24.7 Å². The van der Waals surface area contributed by atoms with Crippen LogP contribution in [0.4, 0.5) is 17.2 Å². The summed E-state index contributed by atoms with van der Waals surface area (Å²) >= 11 is 0. The number of nitrogens with one attached hydrogen (secondary N) is 1. The summed E-state index contributed by atoms with van der Waals surface area (Å²) in [7, 11) is 0. The first-order chi connectivity index (χ1) is 18.2. The van der Waals surface area contributed by atoms with E-state index < -0.39 is 0 Å². The molecule has 2 aliphatic rings. The van der Waals surface area contributed by atoms with Crippen LogP contribution in [0.1, 0.15) is 70.2 Å². The van der Waals surface area contributed by atoms with Crippen LogP contribution < -0.4 is 10.2 Å². The third-order valence-electron chi connectivity index (χ3n) is 7.55. The minimum atomic E-state index is -0.333. The Bertz CT molecular complexity index is 1150. The Morgan fingerprint density at radius 3 is 2.53 bits per heavy atom. The van der Waals surface area contributed by atoms with Crippen LogP contribution in [0.2, 0.25) is 0 Å². The molecule has 8 heteroatoms. The van der Waals surface area contributed by atoms with Crippen molar-refractivity contribution in [1.29, 1.82) is 0 Å². The molecule has 0 aliphatic carbocycles. The summed E-state index contributed by atoms with van der Waals surface area (Å²) in [5, 5.41) is 2.89. The fourth-order valence-corrected chi connectivity index (χ4v) is 5.40. The molecule has 204 valence electrons. The predicted octanol–water partition coefficient (Wildman–Crippen LogP) is 5.09. The highest BCUT2D eigenvalue weighted by molar-refractivity contribution is 6.17. The number of fused-ring (bicyclic) bond motifs is 2. The van der Waals surface area contributed by atoms with E-state index in [2.05, 4.69) is 15.2 Å². The number of anilines is 3. The van der Waals surface area contributed by atoms with Gasteiger partial charge in [0.15, 0.2) is 5.82 Å². The van der Waals surface area contributed by atoms with Gasteiger partial charge in [-0.3, -0.25) is 24.2 Å². The zero-order chi connectivity index (χ0) is 27.3. The normalized spacial score (nSPS) is 16.3. The molecule has 1 aromatic carbocycles. The lowest BCUT2D eigenvalue weighted by molar-refractivity contribution is -0.139. The average Bonchev–Trinajstić information content (AvgIpc) is 3.02. The molecule has 4 rings (SSSR count). The lowest BCUT2D eigenvalue weighted by Crippen LogP contribution is -2.42. The molecule has 8 nitrogen and oxygen atoms in total. The van der Waals surface area contributed by atoms with Crippen LogP contribution in [0.3, 0.4) is 0 Å². The molecular weight excluding hydrogens is 478 g/mol. The van der Waals surface area contributed by atoms with Crippen molar-refractivity contribution in [2.24, 2.45) is 11.3 Å². The fraction of sp³-hybridized carbons (Fsp3) is 0.533. The average molecular weight is 520 g/mol. The van der Waals surface area contributed by atoms with Crippen molar-refractivity contribution < 1.29 is 14.4 Å². The van der Waals surface area contributed by atoms with Crippen LogP contribution >= 0.6 is 0 Å². The lowest BCUT2D eigenvalue weighted by atomic mass is 9.91. The smallest absolute Gasteiger partial charge is 0.257 e. The summed E-state index contributed by atoms with van der Waals surface area (Å²) in [4.78, 5) is 49.2. The van der Waals surface area contributed by atoms with E-state index in [-0.39, 0.29) is 29.7 Å². The van der Waals surface area contributed by atoms with Gasteiger partial charge in [-0.05, 0) is 69.5 Å². The third kappa shape index (κ3) is 6.41. The Kier molecular flexibility index (Phi) is 8.82. The van der Waals surface area contributed by atoms with Gasteiger partial charge in [0.05, 0.1) is 23.5 Å². The van der Waals surface area contributed by atoms with Crippen molar-refractivity contribution in [2.75, 3.05) is 42.9 Å². The number of piperidine rings is 1. The Morgan fingerprint density at radius 2 is 1.82 bits per heavy atom. The monoisotopic (exact) mass is 519 g/mol. The van der Waals surface area contributed by atoms with Gasteiger partial charge >= 0.3 is 0 Å². The molecule has 1 aromatic heterocycles. The maximum atomic E-state index is 13.6. The number of nitrogens with zero attached hydrogens (tertiary/aromatic N) is 4. The van der Waals surface area contributed by atoms with Gasteiger partial charge in [-0.25, -0.2) is 4.98 Å². The summed E-state index contributed by atoms with van der Waals surface area (Å²) in [6.45, 7) is 11.6. The van der Waals surface area contributed by atoms with E-state index in [0.29, 0.717) is 28.7 Å². The maximum absolute atomic E-state index is 13.6. The molecule has 1 N–H and O–H groups in total. The second kappa shape index (κ2) is 12.1. The molecule has 0 radical (unpaired) electrons. The minimum absolute atomic E-state index is 0.0875. The van der Waals surface area contributed by atoms with Gasteiger partial charge < -0.3 is 10.2 Å². The number of pyridine rings is 1. The number of benzene rings is 1. The highest BCUT2D eigenvalue weighted by Gasteiger charge is 2.32. The summed E-state index contributed by atoms with van der Waals surface area (Å²) < 4.78 is 0. The first-order valence-corrected chi connectivity index (χ1v) is 13.9. The highest BCUT2D eigenvalue weighted by Crippen LogP contribution is 2.36. The quantitative estimate of drug-likeness (QED) is 0.491. The molecule has 3 amide bonds. The van der Waals surface area contributed by atoms with E-state index in [0.717, 1.165) is 58.3 Å². The lowest BCUT2D eigenvalue weighted by Gasteiger charge is -2.33. The molecule has 38 heavy (non-hydrogen) atoms. The Morgan fingerprint density at radius 1 is 1.08 bits per heavy atom. The SMILES string of the molecule is CCN(CCCCC1CCN(CC(=O)N2c3ccccc3C(=O)Nc3cccnc32)CC1)C(=O)C(C)(C)C. The van der Waals surface area contributed by atoms with Crippen molar-refractivity contribution in [1.82, 2.24) is 14.8 Å². The Balaban J connectivity index is 1.30. The Hall–Kier alpha value is -3.26. The number of hydrogen-bond donors (Lipinski definition) is 1. The number of likely N-dealkylation sites (tertiary alicyclic amines) is 1. The molecule has 0 saturated carbocycles.